The van der Waals surface area contributed by atoms with Gasteiger partial charge in [0.25, 0.3) is 5.91 Å². The number of hydrogen-bond acceptors (Lipinski definition) is 2. The molecular formula is C11H13NO2. The van der Waals surface area contributed by atoms with Crippen molar-refractivity contribution in [3.8, 4) is 5.75 Å². The maximum absolute atomic E-state index is 11.8. The van der Waals surface area contributed by atoms with E-state index in [4.69, 9.17) is 4.74 Å². The highest BCUT2D eigenvalue weighted by Gasteiger charge is 2.23. The Hall–Kier alpha value is -1.51. The van der Waals surface area contributed by atoms with E-state index in [-0.39, 0.29) is 5.91 Å². The summed E-state index contributed by atoms with van der Waals surface area (Å²) >= 11 is 0. The highest BCUT2D eigenvalue weighted by Crippen LogP contribution is 2.26. The number of benzene rings is 1. The normalized spacial score (nSPS) is 15.3. The van der Waals surface area contributed by atoms with Crippen LogP contribution in [0.1, 0.15) is 15.9 Å². The predicted molar refractivity (Wildman–Crippen MR) is 53.7 cm³/mol. The Morgan fingerprint density at radius 1 is 1.43 bits per heavy atom. The molecule has 0 aliphatic carbocycles. The van der Waals surface area contributed by atoms with Gasteiger partial charge in [-0.3, -0.25) is 4.79 Å². The van der Waals surface area contributed by atoms with Crippen molar-refractivity contribution < 1.29 is 9.53 Å². The minimum absolute atomic E-state index is 0.0881. The first-order valence-corrected chi connectivity index (χ1v) is 4.65. The predicted octanol–water partition coefficient (Wildman–Crippen LogP) is 1.32. The lowest BCUT2D eigenvalue weighted by atomic mass is 9.98. The van der Waals surface area contributed by atoms with Crippen molar-refractivity contribution in [1.82, 2.24) is 4.90 Å². The number of ether oxygens (including phenoxy) is 1. The lowest BCUT2D eigenvalue weighted by Gasteiger charge is -2.25. The van der Waals surface area contributed by atoms with Gasteiger partial charge in [0.1, 0.15) is 5.75 Å². The molecule has 3 nitrogen and oxygen atoms in total. The zero-order valence-electron chi connectivity index (χ0n) is 8.41. The van der Waals surface area contributed by atoms with Crippen molar-refractivity contribution in [2.75, 3.05) is 20.7 Å². The second kappa shape index (κ2) is 3.33. The topological polar surface area (TPSA) is 29.5 Å². The molecule has 0 spiro atoms. The number of hydrogen-bond donors (Lipinski definition) is 0. The van der Waals surface area contributed by atoms with Crippen LogP contribution in [0.15, 0.2) is 18.2 Å². The molecule has 0 atom stereocenters. The average molecular weight is 191 g/mol. The fourth-order valence-corrected chi connectivity index (χ4v) is 1.80. The Morgan fingerprint density at radius 3 is 2.93 bits per heavy atom. The molecule has 0 aromatic heterocycles. The highest BCUT2D eigenvalue weighted by atomic mass is 16.5. The standard InChI is InChI=1S/C11H13NO2/c1-12-7-6-8-9(11(12)13)4-3-5-10(8)14-2/h3-5H,6-7H2,1-2H3. The molecule has 0 bridgehead atoms. The Bertz CT molecular complexity index is 374. The van der Waals surface area contributed by atoms with E-state index < -0.39 is 0 Å². The number of carbonyl (C=O) groups excluding carboxylic acids is 1. The van der Waals surface area contributed by atoms with Crippen molar-refractivity contribution >= 4 is 5.91 Å². The molecule has 0 N–H and O–H groups in total. The SMILES string of the molecule is COc1cccc2c1CCN(C)C2=O. The Labute approximate surface area is 83.3 Å². The molecule has 0 fully saturated rings. The van der Waals surface area contributed by atoms with E-state index in [1.807, 2.05) is 25.2 Å². The molecule has 1 heterocycles. The van der Waals surface area contributed by atoms with E-state index in [1.165, 1.54) is 0 Å². The van der Waals surface area contributed by atoms with Gasteiger partial charge in [0, 0.05) is 24.7 Å². The van der Waals surface area contributed by atoms with Gasteiger partial charge in [0.05, 0.1) is 7.11 Å². The molecule has 1 aliphatic rings. The van der Waals surface area contributed by atoms with E-state index in [0.717, 1.165) is 29.8 Å². The van der Waals surface area contributed by atoms with E-state index in [2.05, 4.69) is 0 Å². The Balaban J connectivity index is 2.52. The van der Waals surface area contributed by atoms with E-state index in [1.54, 1.807) is 12.0 Å². The molecule has 2 rings (SSSR count). The number of methoxy groups -OCH3 is 1. The van der Waals surface area contributed by atoms with Gasteiger partial charge < -0.3 is 9.64 Å². The summed E-state index contributed by atoms with van der Waals surface area (Å²) in [5.74, 6) is 0.911. The fourth-order valence-electron chi connectivity index (χ4n) is 1.80. The molecule has 0 unspecified atom stereocenters. The zero-order chi connectivity index (χ0) is 10.1. The molecule has 1 amide bonds. The summed E-state index contributed by atoms with van der Waals surface area (Å²) < 4.78 is 5.23. The van der Waals surface area contributed by atoms with E-state index >= 15 is 0 Å². The molecule has 0 saturated heterocycles. The van der Waals surface area contributed by atoms with Crippen LogP contribution in [0.25, 0.3) is 0 Å². The minimum atomic E-state index is 0.0881. The summed E-state index contributed by atoms with van der Waals surface area (Å²) in [7, 11) is 3.46. The molecule has 3 heteroatoms. The van der Waals surface area contributed by atoms with E-state index in [0.29, 0.717) is 0 Å². The number of carbonyl (C=O) groups is 1. The Kier molecular flexibility index (Phi) is 2.15. The fraction of sp³-hybridized carbons (Fsp3) is 0.364. The van der Waals surface area contributed by atoms with Gasteiger partial charge in [-0.2, -0.15) is 0 Å². The van der Waals surface area contributed by atoms with Crippen LogP contribution in [0, 0.1) is 0 Å². The van der Waals surface area contributed by atoms with Gasteiger partial charge in [0.2, 0.25) is 0 Å². The largest absolute Gasteiger partial charge is 0.496 e. The lowest BCUT2D eigenvalue weighted by Crippen LogP contribution is -2.34. The van der Waals surface area contributed by atoms with Crippen molar-refractivity contribution in [3.63, 3.8) is 0 Å². The molecular weight excluding hydrogens is 178 g/mol. The third-order valence-corrected chi connectivity index (χ3v) is 2.63. The smallest absolute Gasteiger partial charge is 0.254 e. The number of likely N-dealkylation sites (N-methyl/N-ethyl adjacent to an activating group) is 1. The maximum atomic E-state index is 11.8. The average Bonchev–Trinajstić information content (AvgIpc) is 2.23. The monoisotopic (exact) mass is 191 g/mol. The molecule has 0 radical (unpaired) electrons. The van der Waals surface area contributed by atoms with Gasteiger partial charge in [-0.15, -0.1) is 0 Å². The minimum Gasteiger partial charge on any atom is -0.496 e. The van der Waals surface area contributed by atoms with Crippen LogP contribution >= 0.6 is 0 Å². The first-order valence-electron chi connectivity index (χ1n) is 4.65. The maximum Gasteiger partial charge on any atom is 0.254 e. The van der Waals surface area contributed by atoms with Crippen LogP contribution in [0.2, 0.25) is 0 Å². The van der Waals surface area contributed by atoms with E-state index in [9.17, 15) is 4.79 Å². The van der Waals surface area contributed by atoms with Crippen LogP contribution in [0.5, 0.6) is 5.75 Å². The summed E-state index contributed by atoms with van der Waals surface area (Å²) in [6, 6.07) is 5.61. The van der Waals surface area contributed by atoms with Gasteiger partial charge in [-0.05, 0) is 18.6 Å². The second-order valence-corrected chi connectivity index (χ2v) is 3.46. The summed E-state index contributed by atoms with van der Waals surface area (Å²) in [5.41, 5.74) is 1.82. The summed E-state index contributed by atoms with van der Waals surface area (Å²) in [6.45, 7) is 0.770. The Morgan fingerprint density at radius 2 is 2.21 bits per heavy atom. The third kappa shape index (κ3) is 1.25. The van der Waals surface area contributed by atoms with Crippen molar-refractivity contribution in [1.29, 1.82) is 0 Å². The summed E-state index contributed by atoms with van der Waals surface area (Å²) in [6.07, 6.45) is 0.877. The zero-order valence-corrected chi connectivity index (χ0v) is 8.41. The highest BCUT2D eigenvalue weighted by molar-refractivity contribution is 5.97. The number of amides is 1. The number of nitrogens with zero attached hydrogens (tertiary/aromatic N) is 1. The molecule has 0 saturated carbocycles. The molecule has 74 valence electrons. The second-order valence-electron chi connectivity index (χ2n) is 3.46. The molecule has 1 aromatic carbocycles. The number of fused-ring (bicyclic) bond motifs is 1. The van der Waals surface area contributed by atoms with Gasteiger partial charge in [0.15, 0.2) is 0 Å². The molecule has 14 heavy (non-hydrogen) atoms. The summed E-state index contributed by atoms with van der Waals surface area (Å²) in [4.78, 5) is 13.5. The summed E-state index contributed by atoms with van der Waals surface area (Å²) in [5, 5.41) is 0. The van der Waals surface area contributed by atoms with Crippen LogP contribution in [-0.2, 0) is 6.42 Å². The van der Waals surface area contributed by atoms with Crippen molar-refractivity contribution in [3.05, 3.63) is 29.3 Å². The van der Waals surface area contributed by atoms with Crippen LogP contribution in [-0.4, -0.2) is 31.5 Å². The third-order valence-electron chi connectivity index (χ3n) is 2.63. The van der Waals surface area contributed by atoms with Crippen molar-refractivity contribution in [2.24, 2.45) is 0 Å². The van der Waals surface area contributed by atoms with Crippen LogP contribution in [0.3, 0.4) is 0 Å². The van der Waals surface area contributed by atoms with Crippen molar-refractivity contribution in [2.45, 2.75) is 6.42 Å². The number of rotatable bonds is 1. The molecule has 1 aromatic rings. The van der Waals surface area contributed by atoms with Gasteiger partial charge in [-0.25, -0.2) is 0 Å². The van der Waals surface area contributed by atoms with Gasteiger partial charge >= 0.3 is 0 Å². The molecule has 1 aliphatic heterocycles. The van der Waals surface area contributed by atoms with Crippen LogP contribution < -0.4 is 4.74 Å². The van der Waals surface area contributed by atoms with Gasteiger partial charge in [-0.1, -0.05) is 6.07 Å². The quantitative estimate of drug-likeness (QED) is 0.670. The van der Waals surface area contributed by atoms with Crippen LogP contribution in [0.4, 0.5) is 0 Å². The first kappa shape index (κ1) is 9.06. The first-order chi connectivity index (χ1) is 6.74. The lowest BCUT2D eigenvalue weighted by molar-refractivity contribution is 0.0779.